The molecule has 82 valence electrons. The molecule has 0 spiro atoms. The van der Waals surface area contributed by atoms with Gasteiger partial charge in [0.2, 0.25) is 0 Å². The van der Waals surface area contributed by atoms with E-state index >= 15 is 0 Å². The molecule has 15 heavy (non-hydrogen) atoms. The number of thioether (sulfide) groups is 1. The quantitative estimate of drug-likeness (QED) is 0.755. The van der Waals surface area contributed by atoms with Gasteiger partial charge in [-0.3, -0.25) is 0 Å². The highest BCUT2D eigenvalue weighted by atomic mass is 32.2. The van der Waals surface area contributed by atoms with E-state index in [-0.39, 0.29) is 0 Å². The average molecular weight is 222 g/mol. The highest BCUT2D eigenvalue weighted by Gasteiger charge is 2.15. The highest BCUT2D eigenvalue weighted by molar-refractivity contribution is 8.00. The van der Waals surface area contributed by atoms with Crippen LogP contribution in [0.1, 0.15) is 18.4 Å². The van der Waals surface area contributed by atoms with E-state index in [1.807, 2.05) is 11.8 Å². The van der Waals surface area contributed by atoms with Crippen molar-refractivity contribution in [3.63, 3.8) is 0 Å². The lowest BCUT2D eigenvalue weighted by Gasteiger charge is -2.22. The molecule has 1 aromatic rings. The fourth-order valence-corrected chi connectivity index (χ4v) is 3.04. The topological polar surface area (TPSA) is 38.0 Å². The van der Waals surface area contributed by atoms with Gasteiger partial charge < -0.3 is 11.1 Å². The second kappa shape index (κ2) is 4.90. The highest BCUT2D eigenvalue weighted by Crippen LogP contribution is 2.32. The number of nitrogens with one attached hydrogen (secondary N) is 1. The van der Waals surface area contributed by atoms with Gasteiger partial charge in [-0.1, -0.05) is 6.07 Å². The molecule has 2 nitrogen and oxygen atoms in total. The number of nitrogen functional groups attached to an aromatic ring is 1. The first-order valence-electron chi connectivity index (χ1n) is 5.49. The predicted octanol–water partition coefficient (Wildman–Crippen LogP) is 2.42. The Morgan fingerprint density at radius 1 is 1.33 bits per heavy atom. The van der Waals surface area contributed by atoms with Gasteiger partial charge in [0, 0.05) is 15.8 Å². The van der Waals surface area contributed by atoms with Crippen LogP contribution in [0.2, 0.25) is 0 Å². The normalized spacial score (nSPS) is 17.9. The average Bonchev–Trinajstić information content (AvgIpc) is 2.24. The van der Waals surface area contributed by atoms with E-state index in [2.05, 4.69) is 30.4 Å². The molecule has 1 aliphatic rings. The minimum Gasteiger partial charge on any atom is -0.398 e. The van der Waals surface area contributed by atoms with Crippen molar-refractivity contribution < 1.29 is 0 Å². The van der Waals surface area contributed by atoms with Gasteiger partial charge in [-0.15, -0.1) is 11.8 Å². The van der Waals surface area contributed by atoms with Crippen molar-refractivity contribution in [1.82, 2.24) is 5.32 Å². The van der Waals surface area contributed by atoms with E-state index in [4.69, 9.17) is 5.73 Å². The molecule has 1 aromatic carbocycles. The lowest BCUT2D eigenvalue weighted by Crippen LogP contribution is -2.29. The summed E-state index contributed by atoms with van der Waals surface area (Å²) in [5.41, 5.74) is 8.17. The van der Waals surface area contributed by atoms with Gasteiger partial charge in [-0.2, -0.15) is 0 Å². The zero-order valence-corrected chi connectivity index (χ0v) is 9.94. The monoisotopic (exact) mass is 222 g/mol. The maximum Gasteiger partial charge on any atom is 0.0454 e. The lowest BCUT2D eigenvalue weighted by atomic mass is 10.2. The van der Waals surface area contributed by atoms with Gasteiger partial charge in [0.15, 0.2) is 0 Å². The van der Waals surface area contributed by atoms with Gasteiger partial charge in [-0.25, -0.2) is 0 Å². The van der Waals surface area contributed by atoms with E-state index in [0.717, 1.165) is 24.0 Å². The predicted molar refractivity (Wildman–Crippen MR) is 67.3 cm³/mol. The molecule has 1 heterocycles. The summed E-state index contributed by atoms with van der Waals surface area (Å²) in [5.74, 6) is 0. The summed E-state index contributed by atoms with van der Waals surface area (Å²) in [6.07, 6.45) is 2.50. The molecular weight excluding hydrogens is 204 g/mol. The number of aryl methyl sites for hydroxylation is 1. The Morgan fingerprint density at radius 3 is 2.73 bits per heavy atom. The summed E-state index contributed by atoms with van der Waals surface area (Å²) in [4.78, 5) is 1.24. The Morgan fingerprint density at radius 2 is 2.07 bits per heavy atom. The van der Waals surface area contributed by atoms with Crippen LogP contribution in [-0.4, -0.2) is 18.3 Å². The molecule has 2 rings (SSSR count). The molecule has 0 atom stereocenters. The number of benzene rings is 1. The molecule has 0 saturated carbocycles. The molecule has 3 N–H and O–H groups in total. The van der Waals surface area contributed by atoms with Gasteiger partial charge in [-0.05, 0) is 50.6 Å². The molecule has 0 aromatic heterocycles. The summed E-state index contributed by atoms with van der Waals surface area (Å²) in [6, 6.07) is 6.35. The standard InChI is InChI=1S/C12H18N2S/c1-9-2-3-12(11(13)8-9)15-10-4-6-14-7-5-10/h2-3,8,10,14H,4-7,13H2,1H3. The summed E-state index contributed by atoms with van der Waals surface area (Å²) in [7, 11) is 0. The molecule has 3 heteroatoms. The maximum atomic E-state index is 6.00. The molecular formula is C12H18N2S. The van der Waals surface area contributed by atoms with Gasteiger partial charge in [0.25, 0.3) is 0 Å². The van der Waals surface area contributed by atoms with E-state index in [9.17, 15) is 0 Å². The van der Waals surface area contributed by atoms with Crippen molar-refractivity contribution >= 4 is 17.4 Å². The Kier molecular flexibility index (Phi) is 3.54. The van der Waals surface area contributed by atoms with Crippen molar-refractivity contribution in [3.05, 3.63) is 23.8 Å². The fraction of sp³-hybridized carbons (Fsp3) is 0.500. The number of hydrogen-bond donors (Lipinski definition) is 2. The van der Waals surface area contributed by atoms with Gasteiger partial charge in [0.05, 0.1) is 0 Å². The summed E-state index contributed by atoms with van der Waals surface area (Å²) in [6.45, 7) is 4.36. The number of hydrogen-bond acceptors (Lipinski definition) is 3. The van der Waals surface area contributed by atoms with Gasteiger partial charge in [0.1, 0.15) is 0 Å². The number of piperidine rings is 1. The van der Waals surface area contributed by atoms with E-state index in [1.54, 1.807) is 0 Å². The van der Waals surface area contributed by atoms with Crippen LogP contribution in [0.25, 0.3) is 0 Å². The first-order chi connectivity index (χ1) is 7.25. The van der Waals surface area contributed by atoms with E-state index < -0.39 is 0 Å². The number of anilines is 1. The van der Waals surface area contributed by atoms with Crippen molar-refractivity contribution in [2.45, 2.75) is 29.9 Å². The third-order valence-electron chi connectivity index (χ3n) is 2.75. The largest absolute Gasteiger partial charge is 0.398 e. The van der Waals surface area contributed by atoms with Crippen LogP contribution in [0.4, 0.5) is 5.69 Å². The van der Waals surface area contributed by atoms with Gasteiger partial charge >= 0.3 is 0 Å². The maximum absolute atomic E-state index is 6.00. The number of rotatable bonds is 2. The molecule has 0 radical (unpaired) electrons. The zero-order chi connectivity index (χ0) is 10.7. The fourth-order valence-electron chi connectivity index (χ4n) is 1.87. The van der Waals surface area contributed by atoms with Crippen molar-refractivity contribution in [1.29, 1.82) is 0 Å². The second-order valence-electron chi connectivity index (χ2n) is 4.11. The summed E-state index contributed by atoms with van der Waals surface area (Å²) >= 11 is 1.93. The third-order valence-corrected chi connectivity index (χ3v) is 4.18. The minimum absolute atomic E-state index is 0.733. The summed E-state index contributed by atoms with van der Waals surface area (Å²) < 4.78 is 0. The molecule has 0 aliphatic carbocycles. The van der Waals surface area contributed by atoms with Crippen LogP contribution in [0.3, 0.4) is 0 Å². The van der Waals surface area contributed by atoms with Crippen LogP contribution in [0, 0.1) is 6.92 Å². The van der Waals surface area contributed by atoms with Crippen molar-refractivity contribution in [2.75, 3.05) is 18.8 Å². The minimum atomic E-state index is 0.733. The first-order valence-corrected chi connectivity index (χ1v) is 6.37. The van der Waals surface area contributed by atoms with Crippen molar-refractivity contribution in [2.24, 2.45) is 0 Å². The Labute approximate surface area is 95.6 Å². The molecule has 0 bridgehead atoms. The lowest BCUT2D eigenvalue weighted by molar-refractivity contribution is 0.531. The molecule has 1 fully saturated rings. The molecule has 1 saturated heterocycles. The van der Waals surface area contributed by atoms with Crippen LogP contribution < -0.4 is 11.1 Å². The third kappa shape index (κ3) is 2.89. The first kappa shape index (κ1) is 10.8. The molecule has 0 unspecified atom stereocenters. The van der Waals surface area contributed by atoms with E-state index in [1.165, 1.54) is 23.3 Å². The second-order valence-corrected chi connectivity index (χ2v) is 5.45. The van der Waals surface area contributed by atoms with Crippen molar-refractivity contribution in [3.8, 4) is 0 Å². The Hall–Kier alpha value is -0.670. The molecule has 1 aliphatic heterocycles. The Bertz CT molecular complexity index is 332. The SMILES string of the molecule is Cc1ccc(SC2CCNCC2)c(N)c1. The Balaban J connectivity index is 2.03. The van der Waals surface area contributed by atoms with E-state index in [0.29, 0.717) is 0 Å². The van der Waals surface area contributed by atoms with Crippen LogP contribution in [0.15, 0.2) is 23.1 Å². The van der Waals surface area contributed by atoms with Crippen LogP contribution >= 0.6 is 11.8 Å². The summed E-state index contributed by atoms with van der Waals surface area (Å²) in [5, 5.41) is 4.11. The van der Waals surface area contributed by atoms with Crippen LogP contribution in [0.5, 0.6) is 0 Å². The smallest absolute Gasteiger partial charge is 0.0454 e. The molecule has 0 amide bonds. The number of nitrogens with two attached hydrogens (primary N) is 1. The zero-order valence-electron chi connectivity index (χ0n) is 9.12. The van der Waals surface area contributed by atoms with Crippen LogP contribution in [-0.2, 0) is 0 Å².